The third-order valence-electron chi connectivity index (χ3n) is 6.24. The maximum absolute atomic E-state index is 11.2. The predicted octanol–water partition coefficient (Wildman–Crippen LogP) is 4.95. The molecule has 6 nitrogen and oxygen atoms in total. The average molecular weight is 484 g/mol. The van der Waals surface area contributed by atoms with Crippen LogP contribution in [0.25, 0.3) is 0 Å². The van der Waals surface area contributed by atoms with Crippen LogP contribution in [0.4, 0.5) is 0 Å². The minimum Gasteiger partial charge on any atom is -0.492 e. The first-order chi connectivity index (χ1) is 16.3. The summed E-state index contributed by atoms with van der Waals surface area (Å²) in [6.45, 7) is 9.81. The number of hydrogen-bond donors (Lipinski definition) is 1. The molecule has 34 heavy (non-hydrogen) atoms. The molecule has 1 atom stereocenters. The second kappa shape index (κ2) is 10.8. The second-order valence-corrected chi connectivity index (χ2v) is 9.79. The van der Waals surface area contributed by atoms with Crippen molar-refractivity contribution in [2.75, 3.05) is 26.3 Å². The van der Waals surface area contributed by atoms with Crippen LogP contribution in [-0.4, -0.2) is 51.7 Å². The van der Waals surface area contributed by atoms with Gasteiger partial charge in [-0.1, -0.05) is 23.7 Å². The van der Waals surface area contributed by atoms with Crippen LogP contribution in [0.2, 0.25) is 5.02 Å². The Morgan fingerprint density at radius 3 is 2.44 bits per heavy atom. The van der Waals surface area contributed by atoms with Crippen LogP contribution in [0, 0.1) is 20.8 Å². The minimum absolute atomic E-state index is 0.270. The van der Waals surface area contributed by atoms with Crippen LogP contribution in [0.5, 0.6) is 11.5 Å². The molecule has 0 unspecified atom stereocenters. The van der Waals surface area contributed by atoms with E-state index in [1.807, 2.05) is 62.0 Å². The molecule has 4 rings (SSSR count). The van der Waals surface area contributed by atoms with E-state index < -0.39 is 5.60 Å². The highest BCUT2D eigenvalue weighted by Crippen LogP contribution is 2.28. The van der Waals surface area contributed by atoms with Gasteiger partial charge in [0.1, 0.15) is 30.3 Å². The Morgan fingerprint density at radius 2 is 1.76 bits per heavy atom. The van der Waals surface area contributed by atoms with Crippen molar-refractivity contribution in [2.24, 2.45) is 0 Å². The predicted molar refractivity (Wildman–Crippen MR) is 135 cm³/mol. The number of halogens is 1. The summed E-state index contributed by atoms with van der Waals surface area (Å²) >= 11 is 6.26. The Morgan fingerprint density at radius 1 is 1.03 bits per heavy atom. The molecular weight excluding hydrogens is 450 g/mol. The molecule has 0 spiro atoms. The average Bonchev–Trinajstić information content (AvgIpc) is 3.22. The van der Waals surface area contributed by atoms with Crippen LogP contribution >= 0.6 is 11.6 Å². The molecular formula is C27H34ClN3O3. The van der Waals surface area contributed by atoms with Gasteiger partial charge in [0.05, 0.1) is 12.2 Å². The van der Waals surface area contributed by atoms with E-state index in [4.69, 9.17) is 21.1 Å². The third-order valence-corrected chi connectivity index (χ3v) is 6.84. The summed E-state index contributed by atoms with van der Waals surface area (Å²) in [7, 11) is 0. The number of aryl methyl sites for hydroxylation is 3. The van der Waals surface area contributed by atoms with Gasteiger partial charge in [-0.15, -0.1) is 0 Å². The maximum Gasteiger partial charge on any atom is 0.120 e. The molecule has 1 saturated heterocycles. The molecule has 7 heteroatoms. The van der Waals surface area contributed by atoms with Crippen LogP contribution in [0.15, 0.2) is 48.7 Å². The lowest BCUT2D eigenvalue weighted by molar-refractivity contribution is -0.0621. The topological polar surface area (TPSA) is 59.8 Å². The number of aromatic nitrogens is 2. The largest absolute Gasteiger partial charge is 0.492 e. The normalized spacial score (nSPS) is 18.7. The number of benzene rings is 2. The van der Waals surface area contributed by atoms with Crippen molar-refractivity contribution in [2.45, 2.75) is 52.3 Å². The smallest absolute Gasteiger partial charge is 0.120 e. The number of rotatable bonds is 9. The van der Waals surface area contributed by atoms with E-state index in [9.17, 15) is 5.11 Å². The van der Waals surface area contributed by atoms with Crippen molar-refractivity contribution < 1.29 is 14.6 Å². The molecule has 2 heterocycles. The fourth-order valence-corrected chi connectivity index (χ4v) is 4.57. The van der Waals surface area contributed by atoms with Crippen molar-refractivity contribution in [3.8, 4) is 11.5 Å². The number of likely N-dealkylation sites (tertiary alicyclic amines) is 1. The molecule has 1 aromatic heterocycles. The van der Waals surface area contributed by atoms with Gasteiger partial charge in [0.15, 0.2) is 0 Å². The summed E-state index contributed by atoms with van der Waals surface area (Å²) in [6.07, 6.45) is 3.63. The zero-order valence-corrected chi connectivity index (χ0v) is 21.0. The van der Waals surface area contributed by atoms with Gasteiger partial charge < -0.3 is 14.6 Å². The molecule has 1 N–H and O–H groups in total. The Balaban J connectivity index is 1.26. The highest BCUT2D eigenvalue weighted by atomic mass is 35.5. The number of piperidine rings is 1. The van der Waals surface area contributed by atoms with E-state index in [2.05, 4.69) is 22.1 Å². The Bertz CT molecular complexity index is 1080. The zero-order valence-electron chi connectivity index (χ0n) is 20.3. The molecule has 1 fully saturated rings. The van der Waals surface area contributed by atoms with E-state index in [1.54, 1.807) is 0 Å². The molecule has 182 valence electrons. The summed E-state index contributed by atoms with van der Waals surface area (Å²) < 4.78 is 13.7. The fourth-order valence-electron chi connectivity index (χ4n) is 4.46. The Hall–Kier alpha value is -2.54. The molecule has 0 amide bonds. The highest BCUT2D eigenvalue weighted by Gasteiger charge is 2.34. The maximum atomic E-state index is 11.2. The summed E-state index contributed by atoms with van der Waals surface area (Å²) in [5.41, 5.74) is 3.31. The highest BCUT2D eigenvalue weighted by molar-refractivity contribution is 6.32. The lowest BCUT2D eigenvalue weighted by Gasteiger charge is -2.39. The molecule has 1 aliphatic rings. The standard InChI is InChI=1S/C27H34ClN3O3/c1-20-15-25(16-21(2)26(20)28)34-19-27(32)10-4-11-30(18-27)17-23-5-7-24(8-6-23)33-14-13-31-12-9-22(3)29-31/h5-9,12,15-16,32H,4,10-11,13-14,17-19H2,1-3H3/t27-/m1/s1. The molecule has 3 aromatic rings. The monoisotopic (exact) mass is 483 g/mol. The van der Waals surface area contributed by atoms with Crippen molar-refractivity contribution >= 4 is 11.6 Å². The van der Waals surface area contributed by atoms with Crippen LogP contribution < -0.4 is 9.47 Å². The van der Waals surface area contributed by atoms with Crippen LogP contribution in [0.3, 0.4) is 0 Å². The van der Waals surface area contributed by atoms with Crippen molar-refractivity contribution in [1.29, 1.82) is 0 Å². The first-order valence-electron chi connectivity index (χ1n) is 11.9. The number of β-amino-alcohol motifs (C(OH)–C–C–N with tert-alkyl or cyclic N) is 1. The van der Waals surface area contributed by atoms with Gasteiger partial charge in [0.2, 0.25) is 0 Å². The second-order valence-electron chi connectivity index (χ2n) is 9.41. The summed E-state index contributed by atoms with van der Waals surface area (Å²) in [5.74, 6) is 1.60. The number of aliphatic hydroxyl groups is 1. The van der Waals surface area contributed by atoms with Gasteiger partial charge in [0, 0.05) is 24.3 Å². The summed E-state index contributed by atoms with van der Waals surface area (Å²) in [4.78, 5) is 2.29. The SMILES string of the molecule is Cc1ccn(CCOc2ccc(CN3CCC[C@](O)(COc4cc(C)c(Cl)c(C)c4)C3)cc2)n1. The minimum atomic E-state index is -0.867. The lowest BCUT2D eigenvalue weighted by Crippen LogP contribution is -2.51. The van der Waals surface area contributed by atoms with Crippen LogP contribution in [0.1, 0.15) is 35.2 Å². The Labute approximate surface area is 207 Å². The first kappa shape index (κ1) is 24.6. The van der Waals surface area contributed by atoms with E-state index in [1.165, 1.54) is 5.56 Å². The molecule has 0 aliphatic carbocycles. The number of ether oxygens (including phenoxy) is 2. The summed E-state index contributed by atoms with van der Waals surface area (Å²) in [5, 5.41) is 16.3. The third kappa shape index (κ3) is 6.53. The van der Waals surface area contributed by atoms with E-state index >= 15 is 0 Å². The number of nitrogens with zero attached hydrogens (tertiary/aromatic N) is 3. The van der Waals surface area contributed by atoms with Gasteiger partial charge in [-0.25, -0.2) is 0 Å². The molecule has 2 aromatic carbocycles. The molecule has 1 aliphatic heterocycles. The van der Waals surface area contributed by atoms with E-state index in [-0.39, 0.29) is 6.61 Å². The summed E-state index contributed by atoms with van der Waals surface area (Å²) in [6, 6.07) is 14.1. The fraction of sp³-hybridized carbons (Fsp3) is 0.444. The van der Waals surface area contributed by atoms with Gasteiger partial charge in [-0.05, 0) is 87.2 Å². The van der Waals surface area contributed by atoms with E-state index in [0.29, 0.717) is 13.2 Å². The number of hydrogen-bond acceptors (Lipinski definition) is 5. The molecule has 0 bridgehead atoms. The zero-order chi connectivity index (χ0) is 24.1. The van der Waals surface area contributed by atoms with Gasteiger partial charge in [-0.3, -0.25) is 9.58 Å². The van der Waals surface area contributed by atoms with Gasteiger partial charge >= 0.3 is 0 Å². The van der Waals surface area contributed by atoms with Crippen LogP contribution in [-0.2, 0) is 13.1 Å². The van der Waals surface area contributed by atoms with Crippen molar-refractivity contribution in [3.05, 3.63) is 76.1 Å². The lowest BCUT2D eigenvalue weighted by atomic mass is 9.93. The van der Waals surface area contributed by atoms with Gasteiger partial charge in [-0.2, -0.15) is 5.10 Å². The molecule has 0 saturated carbocycles. The van der Waals surface area contributed by atoms with Crippen molar-refractivity contribution in [3.63, 3.8) is 0 Å². The molecule has 0 radical (unpaired) electrons. The van der Waals surface area contributed by atoms with E-state index in [0.717, 1.165) is 65.8 Å². The first-order valence-corrected chi connectivity index (χ1v) is 12.2. The van der Waals surface area contributed by atoms with Gasteiger partial charge in [0.25, 0.3) is 0 Å². The van der Waals surface area contributed by atoms with Crippen molar-refractivity contribution in [1.82, 2.24) is 14.7 Å². The Kier molecular flexibility index (Phi) is 7.81. The quantitative estimate of drug-likeness (QED) is 0.466.